The summed E-state index contributed by atoms with van der Waals surface area (Å²) in [6.45, 7) is 2.14. The molecule has 88 valence electrons. The molecular formula is C14H17N2O+. The van der Waals surface area contributed by atoms with Crippen LogP contribution in [0, 0.1) is 0 Å². The molecule has 17 heavy (non-hydrogen) atoms. The van der Waals surface area contributed by atoms with Crippen LogP contribution in [-0.4, -0.2) is 48.8 Å². The van der Waals surface area contributed by atoms with Crippen molar-refractivity contribution in [3.05, 3.63) is 41.5 Å². The van der Waals surface area contributed by atoms with Gasteiger partial charge in [-0.25, -0.2) is 0 Å². The first-order chi connectivity index (χ1) is 8.20. The van der Waals surface area contributed by atoms with Gasteiger partial charge in [0, 0.05) is 11.6 Å². The Morgan fingerprint density at radius 1 is 1.18 bits per heavy atom. The maximum Gasteiger partial charge on any atom is 0.271 e. The van der Waals surface area contributed by atoms with Crippen LogP contribution in [0.1, 0.15) is 15.9 Å². The van der Waals surface area contributed by atoms with E-state index in [-0.39, 0.29) is 0 Å². The van der Waals surface area contributed by atoms with E-state index >= 15 is 0 Å². The van der Waals surface area contributed by atoms with E-state index in [1.54, 1.807) is 0 Å². The highest BCUT2D eigenvalue weighted by atomic mass is 16.1. The SMILES string of the molecule is CN1CC[N+](C)=C1C=Cc1ccc(C=O)cc1. The summed E-state index contributed by atoms with van der Waals surface area (Å²) in [6, 6.07) is 7.57. The number of hydrogen-bond acceptors (Lipinski definition) is 2. The zero-order valence-electron chi connectivity index (χ0n) is 10.3. The largest absolute Gasteiger partial charge is 0.298 e. The molecule has 0 fully saturated rings. The smallest absolute Gasteiger partial charge is 0.271 e. The van der Waals surface area contributed by atoms with Crippen molar-refractivity contribution in [1.29, 1.82) is 0 Å². The Balaban J connectivity index is 2.14. The molecule has 0 radical (unpaired) electrons. The van der Waals surface area contributed by atoms with Crippen LogP contribution in [0.25, 0.3) is 6.08 Å². The van der Waals surface area contributed by atoms with Crippen molar-refractivity contribution in [2.45, 2.75) is 0 Å². The Morgan fingerprint density at radius 2 is 1.82 bits per heavy atom. The lowest BCUT2D eigenvalue weighted by atomic mass is 10.1. The van der Waals surface area contributed by atoms with Crippen molar-refractivity contribution in [2.24, 2.45) is 0 Å². The molecule has 1 aromatic rings. The summed E-state index contributed by atoms with van der Waals surface area (Å²) >= 11 is 0. The second-order valence-corrected chi connectivity index (χ2v) is 4.32. The molecule has 0 bridgehead atoms. The molecule has 1 aliphatic rings. The molecule has 0 saturated carbocycles. The second kappa shape index (κ2) is 4.95. The van der Waals surface area contributed by atoms with Gasteiger partial charge in [0.2, 0.25) is 0 Å². The van der Waals surface area contributed by atoms with Crippen molar-refractivity contribution in [3.63, 3.8) is 0 Å². The highest BCUT2D eigenvalue weighted by Crippen LogP contribution is 2.06. The minimum Gasteiger partial charge on any atom is -0.298 e. The van der Waals surface area contributed by atoms with Crippen LogP contribution in [0.3, 0.4) is 0 Å². The predicted octanol–water partition coefficient (Wildman–Crippen LogP) is 1.50. The average molecular weight is 229 g/mol. The van der Waals surface area contributed by atoms with Crippen molar-refractivity contribution >= 4 is 18.2 Å². The van der Waals surface area contributed by atoms with Crippen LogP contribution in [0.5, 0.6) is 0 Å². The third-order valence-electron chi connectivity index (χ3n) is 3.05. The fourth-order valence-electron chi connectivity index (χ4n) is 1.93. The molecule has 0 amide bonds. The number of nitrogens with zero attached hydrogens (tertiary/aromatic N) is 2. The number of likely N-dealkylation sites (N-methyl/N-ethyl adjacent to an activating group) is 2. The van der Waals surface area contributed by atoms with E-state index in [0.29, 0.717) is 5.56 Å². The normalized spacial score (nSPS) is 16.0. The van der Waals surface area contributed by atoms with Crippen LogP contribution in [0.4, 0.5) is 0 Å². The number of hydrogen-bond donors (Lipinski definition) is 0. The number of carbonyl (C=O) groups is 1. The summed E-state index contributed by atoms with van der Waals surface area (Å²) in [6.07, 6.45) is 5.05. The quantitative estimate of drug-likeness (QED) is 0.579. The Kier molecular flexibility index (Phi) is 3.38. The van der Waals surface area contributed by atoms with E-state index in [1.807, 2.05) is 24.3 Å². The van der Waals surface area contributed by atoms with Gasteiger partial charge in [-0.15, -0.1) is 0 Å². The van der Waals surface area contributed by atoms with Gasteiger partial charge in [-0.3, -0.25) is 14.3 Å². The molecule has 0 atom stereocenters. The van der Waals surface area contributed by atoms with Crippen LogP contribution in [-0.2, 0) is 0 Å². The average Bonchev–Trinajstić information content (AvgIpc) is 2.67. The number of carbonyl (C=O) groups excluding carboxylic acids is 1. The lowest BCUT2D eigenvalue weighted by Gasteiger charge is -2.01. The maximum absolute atomic E-state index is 10.5. The lowest BCUT2D eigenvalue weighted by molar-refractivity contribution is -0.485. The molecule has 3 heteroatoms. The molecular weight excluding hydrogens is 212 g/mol. The highest BCUT2D eigenvalue weighted by molar-refractivity contribution is 5.93. The summed E-state index contributed by atoms with van der Waals surface area (Å²) in [7, 11) is 4.19. The first-order valence-electron chi connectivity index (χ1n) is 5.73. The minimum atomic E-state index is 0.713. The standard InChI is InChI=1S/C14H17N2O/c1-15-9-10-16(2)14(15)8-7-12-3-5-13(11-17)6-4-12/h3-8,11H,9-10H2,1-2H3/q+1. The molecule has 0 aromatic heterocycles. The van der Waals surface area contributed by atoms with E-state index in [2.05, 4.69) is 35.7 Å². The van der Waals surface area contributed by atoms with Crippen molar-refractivity contribution in [2.75, 3.05) is 27.2 Å². The molecule has 3 nitrogen and oxygen atoms in total. The summed E-state index contributed by atoms with van der Waals surface area (Å²) < 4.78 is 2.23. The van der Waals surface area contributed by atoms with Crippen molar-refractivity contribution in [1.82, 2.24) is 4.90 Å². The van der Waals surface area contributed by atoms with Gasteiger partial charge in [-0.1, -0.05) is 24.3 Å². The first-order valence-corrected chi connectivity index (χ1v) is 5.73. The number of benzene rings is 1. The van der Waals surface area contributed by atoms with Gasteiger partial charge in [0.05, 0.1) is 14.1 Å². The van der Waals surface area contributed by atoms with Gasteiger partial charge >= 0.3 is 0 Å². The fraction of sp³-hybridized carbons (Fsp3) is 0.286. The summed E-state index contributed by atoms with van der Waals surface area (Å²) in [5.41, 5.74) is 1.82. The molecule has 1 heterocycles. The van der Waals surface area contributed by atoms with Crippen LogP contribution in [0.15, 0.2) is 30.3 Å². The maximum atomic E-state index is 10.5. The van der Waals surface area contributed by atoms with Crippen LogP contribution in [0.2, 0.25) is 0 Å². The lowest BCUT2D eigenvalue weighted by Crippen LogP contribution is -2.22. The minimum absolute atomic E-state index is 0.713. The third kappa shape index (κ3) is 2.61. The summed E-state index contributed by atoms with van der Waals surface area (Å²) in [5, 5.41) is 0. The highest BCUT2D eigenvalue weighted by Gasteiger charge is 2.21. The van der Waals surface area contributed by atoms with E-state index in [0.717, 1.165) is 24.9 Å². The molecule has 0 N–H and O–H groups in total. The Hall–Kier alpha value is -1.90. The topological polar surface area (TPSA) is 23.3 Å². The van der Waals surface area contributed by atoms with Gasteiger partial charge < -0.3 is 0 Å². The second-order valence-electron chi connectivity index (χ2n) is 4.32. The summed E-state index contributed by atoms with van der Waals surface area (Å²) in [5.74, 6) is 1.23. The molecule has 1 aromatic carbocycles. The Morgan fingerprint density at radius 3 is 2.35 bits per heavy atom. The molecule has 1 aliphatic heterocycles. The number of rotatable bonds is 3. The Labute approximate surface area is 102 Å². The zero-order valence-corrected chi connectivity index (χ0v) is 10.3. The Bertz CT molecular complexity index is 472. The first kappa shape index (κ1) is 11.6. The number of amidine groups is 1. The van der Waals surface area contributed by atoms with Crippen molar-refractivity contribution < 1.29 is 9.37 Å². The van der Waals surface area contributed by atoms with Crippen molar-refractivity contribution in [3.8, 4) is 0 Å². The van der Waals surface area contributed by atoms with E-state index in [9.17, 15) is 4.79 Å². The molecule has 2 rings (SSSR count). The monoisotopic (exact) mass is 229 g/mol. The van der Waals surface area contributed by atoms with E-state index in [4.69, 9.17) is 0 Å². The molecule has 0 unspecified atom stereocenters. The molecule has 0 aliphatic carbocycles. The van der Waals surface area contributed by atoms with Gasteiger partial charge in [-0.2, -0.15) is 0 Å². The molecule has 0 spiro atoms. The number of aldehydes is 1. The van der Waals surface area contributed by atoms with Gasteiger partial charge in [0.25, 0.3) is 5.84 Å². The third-order valence-corrected chi connectivity index (χ3v) is 3.05. The van der Waals surface area contributed by atoms with E-state index in [1.165, 1.54) is 5.84 Å². The van der Waals surface area contributed by atoms with Gasteiger partial charge in [0.1, 0.15) is 19.4 Å². The fourth-order valence-corrected chi connectivity index (χ4v) is 1.93. The van der Waals surface area contributed by atoms with Crippen LogP contribution >= 0.6 is 0 Å². The zero-order chi connectivity index (χ0) is 12.3. The van der Waals surface area contributed by atoms with E-state index < -0.39 is 0 Å². The summed E-state index contributed by atoms with van der Waals surface area (Å²) in [4.78, 5) is 12.8. The predicted molar refractivity (Wildman–Crippen MR) is 69.6 cm³/mol. The van der Waals surface area contributed by atoms with Crippen LogP contribution < -0.4 is 0 Å². The molecule has 0 saturated heterocycles. The van der Waals surface area contributed by atoms with Gasteiger partial charge in [0.15, 0.2) is 0 Å². The van der Waals surface area contributed by atoms with Gasteiger partial charge in [-0.05, 0) is 11.6 Å².